The predicted octanol–water partition coefficient (Wildman–Crippen LogP) is 4.76. The van der Waals surface area contributed by atoms with E-state index in [4.69, 9.17) is 23.2 Å². The molecule has 0 unspecified atom stereocenters. The minimum Gasteiger partial charge on any atom is -0.295 e. The van der Waals surface area contributed by atoms with Gasteiger partial charge in [0.05, 0.1) is 11.2 Å². The Labute approximate surface area is 159 Å². The fraction of sp³-hybridized carbons (Fsp3) is 0.350. The van der Waals surface area contributed by atoms with Crippen molar-refractivity contribution >= 4 is 29.4 Å². The molecule has 1 saturated heterocycles. The summed E-state index contributed by atoms with van der Waals surface area (Å²) in [6.45, 7) is 9.21. The molecule has 132 valence electrons. The molecule has 2 aromatic carbocycles. The molecule has 1 aliphatic heterocycles. The van der Waals surface area contributed by atoms with E-state index in [0.717, 1.165) is 38.3 Å². The number of benzene rings is 2. The van der Waals surface area contributed by atoms with Crippen molar-refractivity contribution in [2.24, 2.45) is 5.10 Å². The van der Waals surface area contributed by atoms with Crippen LogP contribution in [0.1, 0.15) is 22.3 Å². The van der Waals surface area contributed by atoms with E-state index in [2.05, 4.69) is 47.1 Å². The third-order valence-corrected chi connectivity index (χ3v) is 5.13. The highest BCUT2D eigenvalue weighted by Crippen LogP contribution is 2.20. The molecule has 0 spiro atoms. The van der Waals surface area contributed by atoms with Crippen LogP contribution >= 0.6 is 23.2 Å². The van der Waals surface area contributed by atoms with Gasteiger partial charge in [-0.2, -0.15) is 5.10 Å². The lowest BCUT2D eigenvalue weighted by Crippen LogP contribution is -2.43. The van der Waals surface area contributed by atoms with Gasteiger partial charge in [-0.15, -0.1) is 0 Å². The first kappa shape index (κ1) is 18.2. The molecule has 0 bridgehead atoms. The molecule has 3 rings (SSSR count). The second-order valence-corrected chi connectivity index (χ2v) is 7.41. The van der Waals surface area contributed by atoms with Gasteiger partial charge in [-0.05, 0) is 37.1 Å². The predicted molar refractivity (Wildman–Crippen MR) is 107 cm³/mol. The van der Waals surface area contributed by atoms with E-state index in [1.54, 1.807) is 6.07 Å². The Morgan fingerprint density at radius 2 is 1.76 bits per heavy atom. The topological polar surface area (TPSA) is 18.8 Å². The molecule has 0 aliphatic carbocycles. The Hall–Kier alpha value is -1.55. The zero-order chi connectivity index (χ0) is 17.8. The second kappa shape index (κ2) is 8.22. The summed E-state index contributed by atoms with van der Waals surface area (Å²) in [4.78, 5) is 2.49. The van der Waals surface area contributed by atoms with Crippen LogP contribution in [0.5, 0.6) is 0 Å². The van der Waals surface area contributed by atoms with E-state index in [9.17, 15) is 0 Å². The van der Waals surface area contributed by atoms with Gasteiger partial charge in [-0.3, -0.25) is 9.91 Å². The first-order chi connectivity index (χ1) is 12.0. The summed E-state index contributed by atoms with van der Waals surface area (Å²) in [5.41, 5.74) is 5.00. The fourth-order valence-electron chi connectivity index (χ4n) is 3.03. The van der Waals surface area contributed by atoms with Crippen molar-refractivity contribution in [3.05, 3.63) is 68.7 Å². The molecule has 25 heavy (non-hydrogen) atoms. The lowest BCUT2D eigenvalue weighted by Gasteiger charge is -2.33. The molecule has 5 heteroatoms. The maximum Gasteiger partial charge on any atom is 0.0557 e. The Balaban J connectivity index is 1.54. The van der Waals surface area contributed by atoms with Gasteiger partial charge in [0.25, 0.3) is 0 Å². The van der Waals surface area contributed by atoms with Gasteiger partial charge in [-0.1, -0.05) is 53.0 Å². The van der Waals surface area contributed by atoms with Crippen LogP contribution < -0.4 is 0 Å². The number of hydrazone groups is 1. The standard InChI is InChI=1S/C20H23Cl2N3/c1-15-3-4-18(16(2)11-15)14-24-7-9-25(10-8-24)23-13-17-5-6-19(21)12-20(17)22/h3-6,11-13H,7-10,14H2,1-2H3/b23-13+. The smallest absolute Gasteiger partial charge is 0.0557 e. The number of nitrogens with zero attached hydrogens (tertiary/aromatic N) is 3. The van der Waals surface area contributed by atoms with E-state index < -0.39 is 0 Å². The number of rotatable bonds is 4. The van der Waals surface area contributed by atoms with Crippen LogP contribution in [0.4, 0.5) is 0 Å². The van der Waals surface area contributed by atoms with Crippen LogP contribution in [0.2, 0.25) is 10.0 Å². The molecule has 2 aromatic rings. The number of piperazine rings is 1. The highest BCUT2D eigenvalue weighted by molar-refractivity contribution is 6.36. The zero-order valence-electron chi connectivity index (χ0n) is 14.7. The maximum atomic E-state index is 6.18. The van der Waals surface area contributed by atoms with Crippen LogP contribution in [-0.2, 0) is 6.54 Å². The summed E-state index contributed by atoms with van der Waals surface area (Å²) < 4.78 is 0. The molecular weight excluding hydrogens is 353 g/mol. The summed E-state index contributed by atoms with van der Waals surface area (Å²) in [5, 5.41) is 7.94. The van der Waals surface area contributed by atoms with Crippen molar-refractivity contribution in [2.45, 2.75) is 20.4 Å². The average molecular weight is 376 g/mol. The molecule has 1 heterocycles. The lowest BCUT2D eigenvalue weighted by atomic mass is 10.1. The van der Waals surface area contributed by atoms with Crippen LogP contribution in [0.15, 0.2) is 41.5 Å². The molecule has 0 atom stereocenters. The molecule has 3 nitrogen and oxygen atoms in total. The van der Waals surface area contributed by atoms with Gasteiger partial charge in [0, 0.05) is 43.3 Å². The number of halogens is 2. The molecule has 0 aromatic heterocycles. The zero-order valence-corrected chi connectivity index (χ0v) is 16.2. The van der Waals surface area contributed by atoms with Gasteiger partial charge in [0.1, 0.15) is 0 Å². The lowest BCUT2D eigenvalue weighted by molar-refractivity contribution is 0.131. The second-order valence-electron chi connectivity index (χ2n) is 6.57. The Morgan fingerprint density at radius 3 is 2.44 bits per heavy atom. The molecule has 1 aliphatic rings. The normalized spacial score (nSPS) is 15.9. The first-order valence-electron chi connectivity index (χ1n) is 8.54. The van der Waals surface area contributed by atoms with Gasteiger partial charge in [0.15, 0.2) is 0 Å². The van der Waals surface area contributed by atoms with Crippen LogP contribution in [0.25, 0.3) is 0 Å². The SMILES string of the molecule is Cc1ccc(CN2CCN(/N=C/c3ccc(Cl)cc3Cl)CC2)c(C)c1. The van der Waals surface area contributed by atoms with E-state index in [-0.39, 0.29) is 0 Å². The monoisotopic (exact) mass is 375 g/mol. The van der Waals surface area contributed by atoms with E-state index in [0.29, 0.717) is 10.0 Å². The molecular formula is C20H23Cl2N3. The summed E-state index contributed by atoms with van der Waals surface area (Å²) in [6, 6.07) is 12.2. The molecule has 0 N–H and O–H groups in total. The highest BCUT2D eigenvalue weighted by atomic mass is 35.5. The van der Waals surface area contributed by atoms with E-state index in [1.807, 2.05) is 18.3 Å². The van der Waals surface area contributed by atoms with Crippen molar-refractivity contribution in [1.29, 1.82) is 0 Å². The minimum absolute atomic E-state index is 0.629. The maximum absolute atomic E-state index is 6.18. The van der Waals surface area contributed by atoms with Crippen molar-refractivity contribution < 1.29 is 0 Å². The molecule has 0 saturated carbocycles. The summed E-state index contributed by atoms with van der Waals surface area (Å²) in [5.74, 6) is 0. The van der Waals surface area contributed by atoms with Crippen molar-refractivity contribution in [3.63, 3.8) is 0 Å². The average Bonchev–Trinajstić information content (AvgIpc) is 2.58. The molecule has 0 radical (unpaired) electrons. The largest absolute Gasteiger partial charge is 0.295 e. The van der Waals surface area contributed by atoms with Crippen LogP contribution in [0.3, 0.4) is 0 Å². The third-order valence-electron chi connectivity index (χ3n) is 4.56. The Morgan fingerprint density at radius 1 is 1.00 bits per heavy atom. The van der Waals surface area contributed by atoms with Crippen LogP contribution in [0, 0.1) is 13.8 Å². The van der Waals surface area contributed by atoms with Crippen molar-refractivity contribution in [1.82, 2.24) is 9.91 Å². The number of hydrogen-bond donors (Lipinski definition) is 0. The minimum atomic E-state index is 0.629. The van der Waals surface area contributed by atoms with Crippen molar-refractivity contribution in [2.75, 3.05) is 26.2 Å². The third kappa shape index (κ3) is 4.97. The molecule has 0 amide bonds. The van der Waals surface area contributed by atoms with Crippen LogP contribution in [-0.4, -0.2) is 42.3 Å². The quantitative estimate of drug-likeness (QED) is 0.717. The number of hydrogen-bond acceptors (Lipinski definition) is 3. The van der Waals surface area contributed by atoms with Gasteiger partial charge in [0.2, 0.25) is 0 Å². The number of aryl methyl sites for hydroxylation is 2. The summed E-state index contributed by atoms with van der Waals surface area (Å²) in [7, 11) is 0. The van der Waals surface area contributed by atoms with Gasteiger partial charge in [-0.25, -0.2) is 0 Å². The first-order valence-corrected chi connectivity index (χ1v) is 9.29. The van der Waals surface area contributed by atoms with Gasteiger partial charge >= 0.3 is 0 Å². The summed E-state index contributed by atoms with van der Waals surface area (Å²) in [6.07, 6.45) is 1.82. The highest BCUT2D eigenvalue weighted by Gasteiger charge is 2.16. The van der Waals surface area contributed by atoms with E-state index >= 15 is 0 Å². The Kier molecular flexibility index (Phi) is 6.00. The van der Waals surface area contributed by atoms with Gasteiger partial charge < -0.3 is 0 Å². The fourth-order valence-corrected chi connectivity index (χ4v) is 3.48. The van der Waals surface area contributed by atoms with Crippen molar-refractivity contribution in [3.8, 4) is 0 Å². The van der Waals surface area contributed by atoms with E-state index in [1.165, 1.54) is 16.7 Å². The summed E-state index contributed by atoms with van der Waals surface area (Å²) >= 11 is 12.1. The molecule has 1 fully saturated rings. The Bertz CT molecular complexity index is 766.